The number of methoxy groups -OCH3 is 1. The van der Waals surface area contributed by atoms with E-state index in [9.17, 15) is 19.2 Å². The number of halogens is 4. The predicted molar refractivity (Wildman–Crippen MR) is 218 cm³/mol. The largest absolute Gasteiger partial charge is 0.495 e. The number of hydrogen-bond donors (Lipinski definition) is 4. The van der Waals surface area contributed by atoms with Crippen LogP contribution in [-0.4, -0.2) is 63.0 Å². The van der Waals surface area contributed by atoms with Gasteiger partial charge in [0.05, 0.1) is 35.0 Å². The van der Waals surface area contributed by atoms with Gasteiger partial charge in [-0.1, -0.05) is 92.5 Å². The van der Waals surface area contributed by atoms with Gasteiger partial charge in [-0.15, -0.1) is 0 Å². The lowest BCUT2D eigenvalue weighted by Crippen LogP contribution is -2.54. The van der Waals surface area contributed by atoms with Crippen LogP contribution in [0.15, 0.2) is 84.9 Å². The Morgan fingerprint density at radius 1 is 0.932 bits per heavy atom. The first-order chi connectivity index (χ1) is 28.0. The molecule has 0 spiro atoms. The van der Waals surface area contributed by atoms with Crippen LogP contribution >= 0.6 is 23.2 Å². The first-order valence-corrected chi connectivity index (χ1v) is 19.4. The molecular weight excluding hydrogens is 809 g/mol. The second-order valence-electron chi connectivity index (χ2n) is 15.1. The second kappa shape index (κ2) is 19.2. The highest BCUT2D eigenvalue weighted by molar-refractivity contribution is 6.31. The number of carbonyl (C=O) groups excluding carboxylic acids is 4. The van der Waals surface area contributed by atoms with Crippen molar-refractivity contribution >= 4 is 52.8 Å². The molecule has 0 radical (unpaired) electrons. The molecule has 4 aromatic carbocycles. The molecule has 2 amide bonds. The van der Waals surface area contributed by atoms with Gasteiger partial charge in [-0.3, -0.25) is 9.59 Å². The van der Waals surface area contributed by atoms with E-state index in [1.54, 1.807) is 37.4 Å². The number of benzene rings is 4. The third-order valence-corrected chi connectivity index (χ3v) is 10.3. The van der Waals surface area contributed by atoms with Gasteiger partial charge >= 0.3 is 18.0 Å². The maximum atomic E-state index is 16.1. The van der Waals surface area contributed by atoms with E-state index in [1.807, 2.05) is 26.8 Å². The van der Waals surface area contributed by atoms with Crippen LogP contribution in [0.25, 0.3) is 0 Å². The second-order valence-corrected chi connectivity index (χ2v) is 16.0. The zero-order valence-electron chi connectivity index (χ0n) is 33.3. The summed E-state index contributed by atoms with van der Waals surface area (Å²) in [7, 11) is 2.96. The Balaban J connectivity index is 1.34. The van der Waals surface area contributed by atoms with Crippen molar-refractivity contribution < 1.29 is 46.9 Å². The zero-order valence-corrected chi connectivity index (χ0v) is 34.8. The lowest BCUT2D eigenvalue weighted by Gasteiger charge is -2.43. The molecule has 1 fully saturated rings. The van der Waals surface area contributed by atoms with Crippen LogP contribution in [0.5, 0.6) is 5.75 Å². The summed E-state index contributed by atoms with van der Waals surface area (Å²) >= 11 is 12.5. The number of ether oxygens (including phenoxy) is 4. The maximum absolute atomic E-state index is 16.1. The summed E-state index contributed by atoms with van der Waals surface area (Å²) in [6.07, 6.45) is -1.98. The van der Waals surface area contributed by atoms with Crippen LogP contribution in [0.1, 0.15) is 67.1 Å². The van der Waals surface area contributed by atoms with Crippen LogP contribution in [0, 0.1) is 17.0 Å². The van der Waals surface area contributed by atoms with E-state index in [-0.39, 0.29) is 50.2 Å². The van der Waals surface area contributed by atoms with Gasteiger partial charge in [0.15, 0.2) is 0 Å². The van der Waals surface area contributed by atoms with Crippen molar-refractivity contribution in [2.24, 2.45) is 5.41 Å². The van der Waals surface area contributed by atoms with E-state index in [1.165, 1.54) is 62.6 Å². The molecule has 0 bridgehead atoms. The SMILES string of the molecule is CNC1(c2ccc(Cl)cc2F)C(CC(C)(C)C)NC(C(=O)Nc2ccc(C(=O)OC(C)OC(=O)NCC(=O)OCc3ccccc3)cc2OC)C1c1cccc(Cl)c1F. The summed E-state index contributed by atoms with van der Waals surface area (Å²) in [5.74, 6) is -4.64. The zero-order chi connectivity index (χ0) is 43.1. The molecule has 1 saturated heterocycles. The number of alkyl carbamates (subject to hydrolysis) is 1. The molecule has 5 unspecified atom stereocenters. The minimum atomic E-state index is -1.41. The van der Waals surface area contributed by atoms with E-state index < -0.39 is 71.9 Å². The summed E-state index contributed by atoms with van der Waals surface area (Å²) < 4.78 is 53.2. The van der Waals surface area contributed by atoms with Crippen molar-refractivity contribution in [1.29, 1.82) is 0 Å². The Labute approximate surface area is 351 Å². The Morgan fingerprint density at radius 3 is 2.32 bits per heavy atom. The Morgan fingerprint density at radius 2 is 1.66 bits per heavy atom. The minimum Gasteiger partial charge on any atom is -0.495 e. The average molecular weight is 856 g/mol. The van der Waals surface area contributed by atoms with Crippen molar-refractivity contribution in [3.05, 3.63) is 129 Å². The van der Waals surface area contributed by atoms with Crippen molar-refractivity contribution in [3.63, 3.8) is 0 Å². The minimum absolute atomic E-state index is 0.0179. The van der Waals surface area contributed by atoms with Gasteiger partial charge in [0.25, 0.3) is 0 Å². The van der Waals surface area contributed by atoms with E-state index >= 15 is 8.78 Å². The fourth-order valence-corrected chi connectivity index (χ4v) is 7.65. The highest BCUT2D eigenvalue weighted by atomic mass is 35.5. The molecule has 4 N–H and O–H groups in total. The van der Waals surface area contributed by atoms with Crippen LogP contribution in [-0.2, 0) is 35.9 Å². The van der Waals surface area contributed by atoms with E-state index in [4.69, 9.17) is 42.1 Å². The average Bonchev–Trinajstić information content (AvgIpc) is 3.50. The van der Waals surface area contributed by atoms with E-state index in [2.05, 4.69) is 21.3 Å². The monoisotopic (exact) mass is 854 g/mol. The number of amides is 2. The Bertz CT molecular complexity index is 2170. The molecule has 16 heteroatoms. The first kappa shape index (κ1) is 44.8. The summed E-state index contributed by atoms with van der Waals surface area (Å²) in [6, 6.07) is 20.0. The smallest absolute Gasteiger partial charge is 0.410 e. The molecule has 314 valence electrons. The Hall–Kier alpha value is -5.28. The van der Waals surface area contributed by atoms with Crippen LogP contribution in [0.3, 0.4) is 0 Å². The highest BCUT2D eigenvalue weighted by Crippen LogP contribution is 2.51. The highest BCUT2D eigenvalue weighted by Gasteiger charge is 2.60. The van der Waals surface area contributed by atoms with Crippen molar-refractivity contribution in [1.82, 2.24) is 16.0 Å². The van der Waals surface area contributed by atoms with Gasteiger partial charge in [-0.05, 0) is 66.4 Å². The van der Waals surface area contributed by atoms with Crippen molar-refractivity contribution in [3.8, 4) is 5.75 Å². The van der Waals surface area contributed by atoms with Gasteiger partial charge < -0.3 is 40.2 Å². The van der Waals surface area contributed by atoms with Crippen molar-refractivity contribution in [2.75, 3.05) is 26.0 Å². The van der Waals surface area contributed by atoms with Crippen LogP contribution < -0.4 is 26.0 Å². The number of nitrogens with one attached hydrogen (secondary N) is 4. The molecule has 59 heavy (non-hydrogen) atoms. The summed E-state index contributed by atoms with van der Waals surface area (Å²) in [4.78, 5) is 51.9. The maximum Gasteiger partial charge on any atom is 0.410 e. The first-order valence-electron chi connectivity index (χ1n) is 18.7. The quantitative estimate of drug-likeness (QED) is 0.0729. The van der Waals surface area contributed by atoms with Gasteiger partial charge in [-0.25, -0.2) is 18.4 Å². The molecule has 4 aromatic rings. The number of hydrogen-bond acceptors (Lipinski definition) is 10. The third kappa shape index (κ3) is 10.7. The van der Waals surface area contributed by atoms with Gasteiger partial charge in [-0.2, -0.15) is 0 Å². The molecule has 0 aliphatic carbocycles. The molecule has 1 aliphatic heterocycles. The summed E-state index contributed by atoms with van der Waals surface area (Å²) in [5.41, 5.74) is -0.607. The molecule has 5 atom stereocenters. The summed E-state index contributed by atoms with van der Waals surface area (Å²) in [5, 5.41) is 11.8. The molecule has 0 aromatic heterocycles. The van der Waals surface area contributed by atoms with Crippen molar-refractivity contribution in [2.45, 2.75) is 70.6 Å². The molecule has 12 nitrogen and oxygen atoms in total. The van der Waals surface area contributed by atoms with E-state index in [0.29, 0.717) is 6.42 Å². The normalized spacial score (nSPS) is 19.3. The standard InChI is InChI=1S/C43H46Cl2F2N4O8/c1-24(59-41(55)49-22-35(52)57-23-25-11-8-7-9-12-25)58-40(54)26-15-18-32(33(19-26)56-6)50-39(53)38-36(28-13-10-14-30(45)37(28)47)43(48-5,34(51-38)21-42(2,3)4)29-17-16-27(44)20-31(29)46/h7-20,24,34,36,38,48,51H,21-23H2,1-6H3,(H,49,55)(H,50,53). The third-order valence-electron chi connectivity index (χ3n) is 9.82. The molecule has 0 saturated carbocycles. The predicted octanol–water partition coefficient (Wildman–Crippen LogP) is 7.87. The molecular formula is C43H46Cl2F2N4O8. The fourth-order valence-electron chi connectivity index (χ4n) is 7.31. The van der Waals surface area contributed by atoms with E-state index in [0.717, 1.165) is 5.56 Å². The number of carbonyl (C=O) groups is 4. The van der Waals surface area contributed by atoms with Crippen LogP contribution in [0.4, 0.5) is 19.3 Å². The van der Waals surface area contributed by atoms with Crippen LogP contribution in [0.2, 0.25) is 10.0 Å². The van der Waals surface area contributed by atoms with Gasteiger partial charge in [0.2, 0.25) is 12.2 Å². The lowest BCUT2D eigenvalue weighted by molar-refractivity contribution is -0.144. The molecule has 1 heterocycles. The van der Waals surface area contributed by atoms with Gasteiger partial charge in [0.1, 0.15) is 30.5 Å². The molecule has 5 rings (SSSR count). The lowest BCUT2D eigenvalue weighted by atomic mass is 9.67. The fraction of sp³-hybridized carbons (Fsp3) is 0.349. The van der Waals surface area contributed by atoms with Gasteiger partial charge in [0, 0.05) is 29.5 Å². The number of esters is 2. The number of likely N-dealkylation sites (N-methyl/N-ethyl adjacent to an activating group) is 1. The summed E-state index contributed by atoms with van der Waals surface area (Å²) in [6.45, 7) is 6.86. The Kier molecular flexibility index (Phi) is 14.6. The topological polar surface area (TPSA) is 153 Å². The number of rotatable bonds is 14. The molecule has 1 aliphatic rings. The number of anilines is 1.